The van der Waals surface area contributed by atoms with Crippen LogP contribution in [0.2, 0.25) is 0 Å². The second-order valence-electron chi connectivity index (χ2n) is 4.72. The van der Waals surface area contributed by atoms with E-state index in [4.69, 9.17) is 14.2 Å². The van der Waals surface area contributed by atoms with Gasteiger partial charge in [-0.1, -0.05) is 0 Å². The standard InChI is InChI=1S/C16H20BrN3O3/c1-5-23-16-19-10(2)14(17)15(20-16)18-9-11-6-7-12(21-3)8-13(11)22-4/h6-8H,5,9H2,1-4H3,(H,18,19,20). The Bertz CT molecular complexity index is 680. The normalized spacial score (nSPS) is 10.3. The molecule has 7 heteroatoms. The van der Waals surface area contributed by atoms with E-state index < -0.39 is 0 Å². The molecule has 0 spiro atoms. The Balaban J connectivity index is 2.20. The minimum absolute atomic E-state index is 0.359. The van der Waals surface area contributed by atoms with Crippen LogP contribution in [0.25, 0.3) is 0 Å². The Labute approximate surface area is 144 Å². The van der Waals surface area contributed by atoms with E-state index in [0.29, 0.717) is 25.0 Å². The molecule has 0 saturated carbocycles. The van der Waals surface area contributed by atoms with Gasteiger partial charge in [-0.05, 0) is 41.9 Å². The number of ether oxygens (including phenoxy) is 3. The van der Waals surface area contributed by atoms with Gasteiger partial charge in [0.25, 0.3) is 0 Å². The molecule has 0 bridgehead atoms. The Hall–Kier alpha value is -2.02. The van der Waals surface area contributed by atoms with Gasteiger partial charge in [0.2, 0.25) is 0 Å². The summed E-state index contributed by atoms with van der Waals surface area (Å²) < 4.78 is 16.8. The molecular formula is C16H20BrN3O3. The second kappa shape index (κ2) is 8.01. The van der Waals surface area contributed by atoms with Crippen molar-refractivity contribution in [2.24, 2.45) is 0 Å². The fourth-order valence-electron chi connectivity index (χ4n) is 2.02. The van der Waals surface area contributed by atoms with Gasteiger partial charge < -0.3 is 19.5 Å². The first kappa shape index (κ1) is 17.3. The number of nitrogens with zero attached hydrogens (tertiary/aromatic N) is 2. The van der Waals surface area contributed by atoms with Crippen molar-refractivity contribution >= 4 is 21.7 Å². The minimum Gasteiger partial charge on any atom is -0.497 e. The van der Waals surface area contributed by atoms with Crippen LogP contribution in [-0.2, 0) is 6.54 Å². The molecule has 1 N–H and O–H groups in total. The predicted octanol–water partition coefficient (Wildman–Crippen LogP) is 3.58. The molecule has 124 valence electrons. The second-order valence-corrected chi connectivity index (χ2v) is 5.51. The molecule has 2 rings (SSSR count). The lowest BCUT2D eigenvalue weighted by Crippen LogP contribution is -2.07. The molecule has 0 aliphatic carbocycles. The molecule has 0 atom stereocenters. The van der Waals surface area contributed by atoms with Crippen LogP contribution in [0.4, 0.5) is 5.82 Å². The zero-order valence-corrected chi connectivity index (χ0v) is 15.2. The van der Waals surface area contributed by atoms with Crippen molar-refractivity contribution in [2.45, 2.75) is 20.4 Å². The summed E-state index contributed by atoms with van der Waals surface area (Å²) in [6.45, 7) is 4.87. The molecule has 0 aliphatic heterocycles. The molecule has 0 amide bonds. The highest BCUT2D eigenvalue weighted by molar-refractivity contribution is 9.10. The van der Waals surface area contributed by atoms with Crippen LogP contribution in [-0.4, -0.2) is 30.8 Å². The summed E-state index contributed by atoms with van der Waals surface area (Å²) in [5, 5.41) is 3.28. The molecule has 1 aromatic heterocycles. The number of aromatic nitrogens is 2. The summed E-state index contributed by atoms with van der Waals surface area (Å²) in [6, 6.07) is 6.06. The van der Waals surface area contributed by atoms with Gasteiger partial charge in [0.15, 0.2) is 0 Å². The molecule has 23 heavy (non-hydrogen) atoms. The zero-order chi connectivity index (χ0) is 16.8. The quantitative estimate of drug-likeness (QED) is 0.790. The minimum atomic E-state index is 0.359. The van der Waals surface area contributed by atoms with E-state index in [1.54, 1.807) is 14.2 Å². The van der Waals surface area contributed by atoms with Crippen LogP contribution < -0.4 is 19.5 Å². The molecule has 2 aromatic rings. The van der Waals surface area contributed by atoms with Gasteiger partial charge in [0.05, 0.1) is 31.0 Å². The van der Waals surface area contributed by atoms with E-state index in [-0.39, 0.29) is 0 Å². The monoisotopic (exact) mass is 381 g/mol. The first-order chi connectivity index (χ1) is 11.1. The number of nitrogens with one attached hydrogen (secondary N) is 1. The Kier molecular flexibility index (Phi) is 6.04. The number of halogens is 1. The molecule has 0 unspecified atom stereocenters. The van der Waals surface area contributed by atoms with Crippen molar-refractivity contribution in [1.82, 2.24) is 9.97 Å². The summed E-state index contributed by atoms with van der Waals surface area (Å²) >= 11 is 3.50. The fourth-order valence-corrected chi connectivity index (χ4v) is 2.34. The van der Waals surface area contributed by atoms with Crippen LogP contribution in [0.15, 0.2) is 22.7 Å². The number of anilines is 1. The number of benzene rings is 1. The molecular weight excluding hydrogens is 362 g/mol. The Morgan fingerprint density at radius 1 is 1.17 bits per heavy atom. The van der Waals surface area contributed by atoms with E-state index in [1.807, 2.05) is 32.0 Å². The van der Waals surface area contributed by atoms with Gasteiger partial charge in [-0.25, -0.2) is 0 Å². The van der Waals surface area contributed by atoms with Crippen molar-refractivity contribution in [3.63, 3.8) is 0 Å². The van der Waals surface area contributed by atoms with Gasteiger partial charge in [-0.3, -0.25) is 0 Å². The smallest absolute Gasteiger partial charge is 0.318 e. The van der Waals surface area contributed by atoms with Crippen LogP contribution in [0, 0.1) is 6.92 Å². The third-order valence-corrected chi connectivity index (χ3v) is 4.16. The number of methoxy groups -OCH3 is 2. The lowest BCUT2D eigenvalue weighted by molar-refractivity contribution is 0.312. The highest BCUT2D eigenvalue weighted by atomic mass is 79.9. The maximum absolute atomic E-state index is 5.40. The molecule has 0 saturated heterocycles. The van der Waals surface area contributed by atoms with E-state index in [2.05, 4.69) is 31.2 Å². The molecule has 0 fully saturated rings. The summed E-state index contributed by atoms with van der Waals surface area (Å²) in [4.78, 5) is 8.64. The largest absolute Gasteiger partial charge is 0.497 e. The maximum Gasteiger partial charge on any atom is 0.318 e. The van der Waals surface area contributed by atoms with Crippen molar-refractivity contribution in [3.05, 3.63) is 33.9 Å². The van der Waals surface area contributed by atoms with Gasteiger partial charge in [-0.2, -0.15) is 9.97 Å². The third kappa shape index (κ3) is 4.25. The van der Waals surface area contributed by atoms with E-state index in [9.17, 15) is 0 Å². The van der Waals surface area contributed by atoms with Crippen molar-refractivity contribution in [2.75, 3.05) is 26.1 Å². The fraction of sp³-hybridized carbons (Fsp3) is 0.375. The van der Waals surface area contributed by atoms with Gasteiger partial charge in [-0.15, -0.1) is 0 Å². The number of hydrogen-bond donors (Lipinski definition) is 1. The zero-order valence-electron chi connectivity index (χ0n) is 13.6. The SMILES string of the molecule is CCOc1nc(C)c(Br)c(NCc2ccc(OC)cc2OC)n1. The number of rotatable bonds is 7. The number of hydrogen-bond acceptors (Lipinski definition) is 6. The summed E-state index contributed by atoms with van der Waals surface area (Å²) in [7, 11) is 3.26. The highest BCUT2D eigenvalue weighted by Gasteiger charge is 2.11. The lowest BCUT2D eigenvalue weighted by atomic mass is 10.2. The molecule has 6 nitrogen and oxygen atoms in total. The Morgan fingerprint density at radius 3 is 2.61 bits per heavy atom. The first-order valence-electron chi connectivity index (χ1n) is 7.20. The highest BCUT2D eigenvalue weighted by Crippen LogP contribution is 2.28. The molecule has 0 aliphatic rings. The summed E-state index contributed by atoms with van der Waals surface area (Å²) in [5.41, 5.74) is 1.81. The van der Waals surface area contributed by atoms with Crippen LogP contribution in [0.3, 0.4) is 0 Å². The predicted molar refractivity (Wildman–Crippen MR) is 92.5 cm³/mol. The van der Waals surface area contributed by atoms with Crippen LogP contribution in [0.1, 0.15) is 18.2 Å². The van der Waals surface area contributed by atoms with Crippen LogP contribution >= 0.6 is 15.9 Å². The van der Waals surface area contributed by atoms with Crippen molar-refractivity contribution in [1.29, 1.82) is 0 Å². The Morgan fingerprint density at radius 2 is 1.96 bits per heavy atom. The summed E-state index contributed by atoms with van der Waals surface area (Å²) in [5.74, 6) is 2.19. The molecule has 0 radical (unpaired) electrons. The van der Waals surface area contributed by atoms with Crippen molar-refractivity contribution in [3.8, 4) is 17.5 Å². The molecule has 1 aromatic carbocycles. The lowest BCUT2D eigenvalue weighted by Gasteiger charge is -2.14. The van der Waals surface area contributed by atoms with Gasteiger partial charge in [0, 0.05) is 18.2 Å². The van der Waals surface area contributed by atoms with Crippen LogP contribution in [0.5, 0.6) is 17.5 Å². The number of aryl methyl sites for hydroxylation is 1. The van der Waals surface area contributed by atoms with Gasteiger partial charge in [0.1, 0.15) is 17.3 Å². The first-order valence-corrected chi connectivity index (χ1v) is 8.00. The average Bonchev–Trinajstić information content (AvgIpc) is 2.56. The van der Waals surface area contributed by atoms with E-state index in [0.717, 1.165) is 27.2 Å². The van der Waals surface area contributed by atoms with E-state index >= 15 is 0 Å². The summed E-state index contributed by atoms with van der Waals surface area (Å²) in [6.07, 6.45) is 0. The van der Waals surface area contributed by atoms with E-state index in [1.165, 1.54) is 0 Å². The van der Waals surface area contributed by atoms with Crippen molar-refractivity contribution < 1.29 is 14.2 Å². The maximum atomic E-state index is 5.40. The topological polar surface area (TPSA) is 65.5 Å². The third-order valence-electron chi connectivity index (χ3n) is 3.21. The van der Waals surface area contributed by atoms with Gasteiger partial charge >= 0.3 is 6.01 Å². The average molecular weight is 382 g/mol. The molecule has 1 heterocycles.